The number of aryl methyl sites for hydroxylation is 1. The van der Waals surface area contributed by atoms with E-state index in [1.54, 1.807) is 0 Å². The predicted molar refractivity (Wildman–Crippen MR) is 83.1 cm³/mol. The van der Waals surface area contributed by atoms with Gasteiger partial charge in [0.1, 0.15) is 0 Å². The summed E-state index contributed by atoms with van der Waals surface area (Å²) in [5, 5.41) is 2.99. The zero-order chi connectivity index (χ0) is 13.8. The Balaban J connectivity index is 2.10. The fourth-order valence-corrected chi connectivity index (χ4v) is 3.36. The smallest absolute Gasteiger partial charge is 0.227 e. The standard InChI is InChI=1S/C15H21BrN2O/c1-10-8-12(16)14(13(17)9-10)18-15(19)11-6-4-2-3-5-7-11/h8-9,11H,2-7,17H2,1H3,(H,18,19). The van der Waals surface area contributed by atoms with Crippen molar-refractivity contribution < 1.29 is 4.79 Å². The summed E-state index contributed by atoms with van der Waals surface area (Å²) in [4.78, 5) is 12.3. The normalized spacial score (nSPS) is 16.9. The van der Waals surface area contributed by atoms with Gasteiger partial charge in [-0.1, -0.05) is 25.7 Å². The Hall–Kier alpha value is -1.03. The molecule has 0 saturated heterocycles. The average molecular weight is 325 g/mol. The van der Waals surface area contributed by atoms with Crippen LogP contribution in [0.1, 0.15) is 44.1 Å². The van der Waals surface area contributed by atoms with Gasteiger partial charge in [0, 0.05) is 10.4 Å². The van der Waals surface area contributed by atoms with Gasteiger partial charge in [-0.25, -0.2) is 0 Å². The van der Waals surface area contributed by atoms with E-state index in [4.69, 9.17) is 5.73 Å². The minimum absolute atomic E-state index is 0.109. The van der Waals surface area contributed by atoms with Crippen LogP contribution in [-0.4, -0.2) is 5.91 Å². The molecule has 2 rings (SSSR count). The zero-order valence-corrected chi connectivity index (χ0v) is 12.9. The number of nitrogens with two attached hydrogens (primary N) is 1. The van der Waals surface area contributed by atoms with Crippen LogP contribution in [0.5, 0.6) is 0 Å². The van der Waals surface area contributed by atoms with Crippen molar-refractivity contribution in [1.82, 2.24) is 0 Å². The van der Waals surface area contributed by atoms with Crippen LogP contribution in [-0.2, 0) is 4.79 Å². The van der Waals surface area contributed by atoms with Gasteiger partial charge in [0.25, 0.3) is 0 Å². The summed E-state index contributed by atoms with van der Waals surface area (Å²) in [5.41, 5.74) is 8.39. The van der Waals surface area contributed by atoms with Crippen LogP contribution in [0.25, 0.3) is 0 Å². The lowest BCUT2D eigenvalue weighted by Gasteiger charge is -2.16. The van der Waals surface area contributed by atoms with Crippen LogP contribution in [0.15, 0.2) is 16.6 Å². The van der Waals surface area contributed by atoms with Crippen LogP contribution in [0, 0.1) is 12.8 Å². The lowest BCUT2D eigenvalue weighted by Crippen LogP contribution is -2.23. The van der Waals surface area contributed by atoms with Crippen molar-refractivity contribution in [2.45, 2.75) is 45.4 Å². The number of hydrogen-bond donors (Lipinski definition) is 2. The van der Waals surface area contributed by atoms with Crippen molar-refractivity contribution in [2.75, 3.05) is 11.1 Å². The van der Waals surface area contributed by atoms with Crippen LogP contribution in [0.4, 0.5) is 11.4 Å². The first-order valence-corrected chi connectivity index (χ1v) is 7.73. The molecule has 0 bridgehead atoms. The number of carbonyl (C=O) groups excluding carboxylic acids is 1. The first-order valence-electron chi connectivity index (χ1n) is 6.94. The molecule has 1 aromatic carbocycles. The van der Waals surface area contributed by atoms with E-state index in [1.165, 1.54) is 12.8 Å². The molecule has 0 aromatic heterocycles. The van der Waals surface area contributed by atoms with Gasteiger partial charge in [-0.2, -0.15) is 0 Å². The highest BCUT2D eigenvalue weighted by Gasteiger charge is 2.21. The Kier molecular flexibility index (Phi) is 4.86. The molecule has 1 aromatic rings. The van der Waals surface area contributed by atoms with E-state index in [1.807, 2.05) is 19.1 Å². The Bertz CT molecular complexity index is 442. The minimum atomic E-state index is 0.109. The van der Waals surface area contributed by atoms with Crippen LogP contribution >= 0.6 is 15.9 Å². The SMILES string of the molecule is Cc1cc(N)c(NC(=O)C2CCCCCC2)c(Br)c1. The fourth-order valence-electron chi connectivity index (χ4n) is 2.67. The van der Waals surface area contributed by atoms with Gasteiger partial charge in [-0.3, -0.25) is 4.79 Å². The molecule has 1 fully saturated rings. The quantitative estimate of drug-likeness (QED) is 0.631. The fraction of sp³-hybridized carbons (Fsp3) is 0.533. The number of anilines is 2. The highest BCUT2D eigenvalue weighted by Crippen LogP contribution is 2.32. The second kappa shape index (κ2) is 6.42. The van der Waals surface area contributed by atoms with E-state index < -0.39 is 0 Å². The number of amides is 1. The first-order chi connectivity index (χ1) is 9.08. The summed E-state index contributed by atoms with van der Waals surface area (Å²) < 4.78 is 0.854. The highest BCUT2D eigenvalue weighted by molar-refractivity contribution is 9.10. The molecule has 0 unspecified atom stereocenters. The molecular formula is C15H21BrN2O. The number of rotatable bonds is 2. The minimum Gasteiger partial charge on any atom is -0.397 e. The van der Waals surface area contributed by atoms with Crippen molar-refractivity contribution in [3.05, 3.63) is 22.2 Å². The summed E-state index contributed by atoms with van der Waals surface area (Å²) in [6.45, 7) is 1.98. The van der Waals surface area contributed by atoms with Crippen LogP contribution in [0.3, 0.4) is 0 Å². The third-order valence-corrected chi connectivity index (χ3v) is 4.36. The molecule has 19 heavy (non-hydrogen) atoms. The largest absolute Gasteiger partial charge is 0.397 e. The lowest BCUT2D eigenvalue weighted by atomic mass is 9.99. The van der Waals surface area contributed by atoms with Gasteiger partial charge in [-0.05, 0) is 53.4 Å². The molecule has 0 aliphatic heterocycles. The Morgan fingerprint density at radius 3 is 2.47 bits per heavy atom. The Morgan fingerprint density at radius 2 is 1.89 bits per heavy atom. The summed E-state index contributed by atoms with van der Waals surface area (Å²) in [7, 11) is 0. The van der Waals surface area contributed by atoms with E-state index in [0.29, 0.717) is 11.4 Å². The van der Waals surface area contributed by atoms with E-state index in [0.717, 1.165) is 35.7 Å². The van der Waals surface area contributed by atoms with E-state index in [9.17, 15) is 4.79 Å². The molecule has 1 amide bonds. The van der Waals surface area contributed by atoms with Gasteiger partial charge in [-0.15, -0.1) is 0 Å². The maximum atomic E-state index is 12.3. The Morgan fingerprint density at radius 1 is 1.26 bits per heavy atom. The number of hydrogen-bond acceptors (Lipinski definition) is 2. The van der Waals surface area contributed by atoms with Crippen LogP contribution in [0.2, 0.25) is 0 Å². The lowest BCUT2D eigenvalue weighted by molar-refractivity contribution is -0.120. The average Bonchev–Trinajstić information content (AvgIpc) is 2.62. The molecule has 0 heterocycles. The van der Waals surface area contributed by atoms with Gasteiger partial charge in [0.15, 0.2) is 0 Å². The molecule has 1 aliphatic carbocycles. The van der Waals surface area contributed by atoms with E-state index in [2.05, 4.69) is 21.2 Å². The molecule has 1 aliphatic rings. The molecule has 104 valence electrons. The highest BCUT2D eigenvalue weighted by atomic mass is 79.9. The summed E-state index contributed by atoms with van der Waals surface area (Å²) in [6, 6.07) is 3.85. The number of benzene rings is 1. The van der Waals surface area contributed by atoms with E-state index in [-0.39, 0.29) is 11.8 Å². The molecule has 4 heteroatoms. The van der Waals surface area contributed by atoms with Crippen molar-refractivity contribution >= 4 is 33.2 Å². The number of halogens is 1. The van der Waals surface area contributed by atoms with Gasteiger partial charge < -0.3 is 11.1 Å². The molecule has 0 atom stereocenters. The second-order valence-corrected chi connectivity index (χ2v) is 6.24. The third kappa shape index (κ3) is 3.72. The summed E-state index contributed by atoms with van der Waals surface area (Å²) in [5.74, 6) is 0.244. The second-order valence-electron chi connectivity index (χ2n) is 5.39. The van der Waals surface area contributed by atoms with Crippen LogP contribution < -0.4 is 11.1 Å². The molecule has 0 spiro atoms. The van der Waals surface area contributed by atoms with Crippen molar-refractivity contribution in [1.29, 1.82) is 0 Å². The van der Waals surface area contributed by atoms with Crippen molar-refractivity contribution in [2.24, 2.45) is 5.92 Å². The maximum absolute atomic E-state index is 12.3. The molecule has 1 saturated carbocycles. The monoisotopic (exact) mass is 324 g/mol. The van der Waals surface area contributed by atoms with Gasteiger partial charge >= 0.3 is 0 Å². The summed E-state index contributed by atoms with van der Waals surface area (Å²) >= 11 is 3.47. The third-order valence-electron chi connectivity index (χ3n) is 3.74. The van der Waals surface area contributed by atoms with E-state index >= 15 is 0 Å². The topological polar surface area (TPSA) is 55.1 Å². The Labute approximate surface area is 123 Å². The van der Waals surface area contributed by atoms with Gasteiger partial charge in [0.2, 0.25) is 5.91 Å². The molecule has 3 nitrogen and oxygen atoms in total. The summed E-state index contributed by atoms with van der Waals surface area (Å²) in [6.07, 6.45) is 6.80. The maximum Gasteiger partial charge on any atom is 0.227 e. The number of nitrogens with one attached hydrogen (secondary N) is 1. The van der Waals surface area contributed by atoms with Crippen molar-refractivity contribution in [3.8, 4) is 0 Å². The molecule has 0 radical (unpaired) electrons. The zero-order valence-electron chi connectivity index (χ0n) is 11.3. The molecule has 3 N–H and O–H groups in total. The van der Waals surface area contributed by atoms with Gasteiger partial charge in [0.05, 0.1) is 11.4 Å². The number of carbonyl (C=O) groups is 1. The van der Waals surface area contributed by atoms with Crippen molar-refractivity contribution in [3.63, 3.8) is 0 Å². The first kappa shape index (κ1) is 14.4. The molecular weight excluding hydrogens is 304 g/mol. The number of nitrogen functional groups attached to an aromatic ring is 1. The predicted octanol–water partition coefficient (Wildman–Crippen LogP) is 4.25.